The van der Waals surface area contributed by atoms with Crippen LogP contribution in [0.2, 0.25) is 0 Å². The fourth-order valence-electron chi connectivity index (χ4n) is 2.09. The first-order valence-electron chi connectivity index (χ1n) is 7.14. The van der Waals surface area contributed by atoms with Crippen molar-refractivity contribution in [1.82, 2.24) is 4.98 Å². The average molecular weight is 414 g/mol. The minimum atomic E-state index is -4.44. The zero-order chi connectivity index (χ0) is 19.8. The Hall–Kier alpha value is -2.92. The van der Waals surface area contributed by atoms with Gasteiger partial charge in [-0.05, 0) is 36.4 Å². The van der Waals surface area contributed by atoms with E-state index in [0.717, 1.165) is 16.7 Å². The molecule has 6 nitrogen and oxygen atoms in total. The van der Waals surface area contributed by atoms with Crippen molar-refractivity contribution in [3.8, 4) is 10.6 Å². The van der Waals surface area contributed by atoms with Crippen molar-refractivity contribution in [3.05, 3.63) is 64.8 Å². The first-order valence-corrected chi connectivity index (χ1v) is 9.50. The highest BCUT2D eigenvalue weighted by atomic mass is 32.2. The Kier molecular flexibility index (Phi) is 4.89. The summed E-state index contributed by atoms with van der Waals surface area (Å²) in [7, 11) is -4.44. The van der Waals surface area contributed by atoms with Crippen molar-refractivity contribution >= 4 is 33.0 Å². The lowest BCUT2D eigenvalue weighted by Gasteiger charge is -2.09. The van der Waals surface area contributed by atoms with Crippen LogP contribution < -0.4 is 4.72 Å². The Morgan fingerprint density at radius 2 is 1.67 bits per heavy atom. The van der Waals surface area contributed by atoms with Gasteiger partial charge < -0.3 is 5.11 Å². The van der Waals surface area contributed by atoms with E-state index in [0.29, 0.717) is 17.7 Å². The summed E-state index contributed by atoms with van der Waals surface area (Å²) >= 11 is 0.943. The lowest BCUT2D eigenvalue weighted by molar-refractivity contribution is 0.0696. The topological polar surface area (TPSA) is 96.4 Å². The second-order valence-electron chi connectivity index (χ2n) is 5.22. The van der Waals surface area contributed by atoms with Gasteiger partial charge in [0.2, 0.25) is 0 Å². The van der Waals surface area contributed by atoms with E-state index in [1.165, 1.54) is 24.3 Å². The van der Waals surface area contributed by atoms with E-state index in [1.807, 2.05) is 0 Å². The van der Waals surface area contributed by atoms with E-state index >= 15 is 0 Å². The van der Waals surface area contributed by atoms with Crippen LogP contribution in [-0.4, -0.2) is 24.5 Å². The zero-order valence-corrected chi connectivity index (χ0v) is 14.7. The van der Waals surface area contributed by atoms with Crippen LogP contribution in [-0.2, 0) is 10.0 Å². The number of aromatic nitrogens is 1. The van der Waals surface area contributed by atoms with Gasteiger partial charge in [0.1, 0.15) is 16.5 Å². The Balaban J connectivity index is 1.92. The van der Waals surface area contributed by atoms with Gasteiger partial charge in [-0.25, -0.2) is 22.9 Å². The highest BCUT2D eigenvalue weighted by Gasteiger charge is 2.24. The van der Waals surface area contributed by atoms with E-state index in [9.17, 15) is 26.4 Å². The molecular formula is C16H9F3N2O4S2. The minimum Gasteiger partial charge on any atom is -0.478 e. The predicted octanol–water partition coefficient (Wildman–Crippen LogP) is 3.73. The number of carbonyl (C=O) groups is 1. The Morgan fingerprint density at radius 3 is 2.22 bits per heavy atom. The summed E-state index contributed by atoms with van der Waals surface area (Å²) in [6.45, 7) is 0. The second-order valence-corrected chi connectivity index (χ2v) is 7.71. The lowest BCUT2D eigenvalue weighted by atomic mass is 10.2. The van der Waals surface area contributed by atoms with Crippen molar-refractivity contribution in [1.29, 1.82) is 0 Å². The molecule has 140 valence electrons. The van der Waals surface area contributed by atoms with Crippen molar-refractivity contribution in [2.24, 2.45) is 0 Å². The number of hydrogen-bond donors (Lipinski definition) is 2. The van der Waals surface area contributed by atoms with Crippen LogP contribution in [0, 0.1) is 17.5 Å². The molecule has 0 spiro atoms. The number of carboxylic acid groups (broad SMARTS) is 1. The average Bonchev–Trinajstić information content (AvgIpc) is 3.09. The van der Waals surface area contributed by atoms with Gasteiger partial charge in [0.25, 0.3) is 10.0 Å². The van der Waals surface area contributed by atoms with Crippen LogP contribution in [0.3, 0.4) is 0 Å². The number of aromatic carboxylic acids is 1. The normalized spacial score (nSPS) is 11.4. The molecule has 0 unspecified atom stereocenters. The molecule has 2 N–H and O–H groups in total. The maximum atomic E-state index is 13.9. The molecule has 0 saturated carbocycles. The van der Waals surface area contributed by atoms with Crippen LogP contribution in [0.4, 0.5) is 18.9 Å². The quantitative estimate of drug-likeness (QED) is 0.663. The first-order chi connectivity index (χ1) is 12.7. The highest BCUT2D eigenvalue weighted by molar-refractivity contribution is 7.92. The Morgan fingerprint density at radius 1 is 1.07 bits per heavy atom. The third-order valence-corrected chi connectivity index (χ3v) is 5.65. The maximum absolute atomic E-state index is 13.9. The van der Waals surface area contributed by atoms with E-state index in [4.69, 9.17) is 5.11 Å². The fourth-order valence-corrected chi connectivity index (χ4v) is 4.27. The summed E-state index contributed by atoms with van der Waals surface area (Å²) in [6, 6.07) is 6.16. The van der Waals surface area contributed by atoms with Crippen molar-refractivity contribution in [2.75, 3.05) is 4.72 Å². The number of nitrogens with zero attached hydrogens (tertiary/aromatic N) is 1. The molecule has 1 heterocycles. The molecule has 27 heavy (non-hydrogen) atoms. The molecule has 0 aliphatic heterocycles. The molecule has 0 fully saturated rings. The molecule has 2 aromatic carbocycles. The van der Waals surface area contributed by atoms with Gasteiger partial charge in [0.05, 0.1) is 5.56 Å². The van der Waals surface area contributed by atoms with Crippen molar-refractivity contribution in [3.63, 3.8) is 0 Å². The Bertz CT molecular complexity index is 1110. The second kappa shape index (κ2) is 7.00. The predicted molar refractivity (Wildman–Crippen MR) is 91.6 cm³/mol. The zero-order valence-electron chi connectivity index (χ0n) is 13.1. The molecule has 3 aromatic rings. The van der Waals surface area contributed by atoms with Crippen molar-refractivity contribution in [2.45, 2.75) is 5.03 Å². The third-order valence-electron chi connectivity index (χ3n) is 3.38. The summed E-state index contributed by atoms with van der Waals surface area (Å²) in [5, 5.41) is 9.68. The SMILES string of the molecule is O=C(O)c1cc(F)c(NS(=O)(=O)c2csc(-c3ccc(F)cc3)n2)c(F)c1. The summed E-state index contributed by atoms with van der Waals surface area (Å²) < 4.78 is 67.3. The van der Waals surface area contributed by atoms with Gasteiger partial charge in [0, 0.05) is 10.9 Å². The Labute approximate surface area is 155 Å². The molecule has 0 radical (unpaired) electrons. The van der Waals surface area contributed by atoms with Gasteiger partial charge in [-0.1, -0.05) is 0 Å². The molecule has 0 aliphatic rings. The number of nitrogens with one attached hydrogen (secondary N) is 1. The van der Waals surface area contributed by atoms with Crippen molar-refractivity contribution < 1.29 is 31.5 Å². The summed E-state index contributed by atoms with van der Waals surface area (Å²) in [5.41, 5.74) is -1.22. The van der Waals surface area contributed by atoms with Gasteiger partial charge in [-0.2, -0.15) is 8.42 Å². The fraction of sp³-hybridized carbons (Fsp3) is 0. The molecule has 0 atom stereocenters. The van der Waals surface area contributed by atoms with Crippen LogP contribution >= 0.6 is 11.3 Å². The maximum Gasteiger partial charge on any atom is 0.335 e. The van der Waals surface area contributed by atoms with Crippen LogP contribution in [0.25, 0.3) is 10.6 Å². The molecule has 0 bridgehead atoms. The standard InChI is InChI=1S/C16H9F3N2O4S2/c17-10-3-1-8(2-4-10)15-20-13(7-26-15)27(24,25)21-14-11(18)5-9(16(22)23)6-12(14)19/h1-7,21H,(H,22,23). The number of carboxylic acids is 1. The molecule has 0 amide bonds. The smallest absolute Gasteiger partial charge is 0.335 e. The highest BCUT2D eigenvalue weighted by Crippen LogP contribution is 2.28. The summed E-state index contributed by atoms with van der Waals surface area (Å²) in [6.07, 6.45) is 0. The molecule has 3 rings (SSSR count). The van der Waals surface area contributed by atoms with E-state index < -0.39 is 49.7 Å². The lowest BCUT2D eigenvalue weighted by Crippen LogP contribution is -2.16. The largest absolute Gasteiger partial charge is 0.478 e. The van der Waals surface area contributed by atoms with Crippen LogP contribution in [0.1, 0.15) is 10.4 Å². The van der Waals surface area contributed by atoms with Crippen LogP contribution in [0.5, 0.6) is 0 Å². The third kappa shape index (κ3) is 3.93. The number of anilines is 1. The molecular weight excluding hydrogens is 405 g/mol. The number of thiazole rings is 1. The van der Waals surface area contributed by atoms with Gasteiger partial charge in [-0.15, -0.1) is 11.3 Å². The minimum absolute atomic E-state index is 0.262. The molecule has 0 saturated heterocycles. The number of sulfonamides is 1. The van der Waals surface area contributed by atoms with E-state index in [1.54, 1.807) is 4.72 Å². The summed E-state index contributed by atoms with van der Waals surface area (Å²) in [5.74, 6) is -4.80. The molecule has 0 aliphatic carbocycles. The number of halogens is 3. The van der Waals surface area contributed by atoms with Gasteiger partial charge in [-0.3, -0.25) is 4.72 Å². The number of hydrogen-bond acceptors (Lipinski definition) is 5. The van der Waals surface area contributed by atoms with E-state index in [2.05, 4.69) is 4.98 Å². The van der Waals surface area contributed by atoms with Crippen LogP contribution in [0.15, 0.2) is 46.8 Å². The monoisotopic (exact) mass is 414 g/mol. The summed E-state index contributed by atoms with van der Waals surface area (Å²) in [4.78, 5) is 14.7. The number of rotatable bonds is 5. The number of benzene rings is 2. The van der Waals surface area contributed by atoms with E-state index in [-0.39, 0.29) is 5.01 Å². The first kappa shape index (κ1) is 18.9. The molecule has 11 heteroatoms. The molecule has 1 aromatic heterocycles. The van der Waals surface area contributed by atoms with Gasteiger partial charge in [0.15, 0.2) is 16.7 Å². The van der Waals surface area contributed by atoms with Gasteiger partial charge >= 0.3 is 5.97 Å².